The lowest BCUT2D eigenvalue weighted by molar-refractivity contribution is -0.331. The van der Waals surface area contributed by atoms with E-state index >= 15 is 0 Å². The van der Waals surface area contributed by atoms with E-state index in [0.717, 1.165) is 19.3 Å². The number of rotatable bonds is 10. The van der Waals surface area contributed by atoms with Gasteiger partial charge in [0.2, 0.25) is 0 Å². The molecule has 0 aromatic heterocycles. The summed E-state index contributed by atoms with van der Waals surface area (Å²) in [6.07, 6.45) is 0.556. The highest BCUT2D eigenvalue weighted by molar-refractivity contribution is 5.72. The summed E-state index contributed by atoms with van der Waals surface area (Å²) < 4.78 is 0. The van der Waals surface area contributed by atoms with Gasteiger partial charge in [0.1, 0.15) is 6.10 Å². The molecule has 0 rings (SSSR count). The largest absolute Gasteiger partial charge is 0.479 e. The minimum Gasteiger partial charge on any atom is -0.479 e. The summed E-state index contributed by atoms with van der Waals surface area (Å²) in [5.41, 5.74) is -0.235. The first-order valence-electron chi connectivity index (χ1n) is 7.18. The topological polar surface area (TPSA) is 96.2 Å². The molecule has 120 valence electrons. The average Bonchev–Trinajstić information content (AvgIpc) is 2.44. The van der Waals surface area contributed by atoms with E-state index in [4.69, 9.17) is 15.3 Å². The van der Waals surface area contributed by atoms with Crippen molar-refractivity contribution in [3.05, 3.63) is 0 Å². The van der Waals surface area contributed by atoms with Crippen molar-refractivity contribution in [2.24, 2.45) is 17.3 Å². The molecule has 4 atom stereocenters. The van der Waals surface area contributed by atoms with Crippen molar-refractivity contribution < 1.29 is 30.2 Å². The lowest BCUT2D eigenvalue weighted by Crippen LogP contribution is -2.46. The fourth-order valence-corrected chi connectivity index (χ4v) is 3.04. The van der Waals surface area contributed by atoms with Gasteiger partial charge in [0.15, 0.2) is 6.10 Å². The Balaban J connectivity index is 5.28. The maximum Gasteiger partial charge on any atom is 0.336 e. The highest BCUT2D eigenvalue weighted by Crippen LogP contribution is 2.42. The van der Waals surface area contributed by atoms with Crippen molar-refractivity contribution in [1.29, 1.82) is 0 Å². The highest BCUT2D eigenvalue weighted by Gasteiger charge is 2.44. The first kappa shape index (κ1) is 19.3. The van der Waals surface area contributed by atoms with Crippen molar-refractivity contribution in [1.82, 2.24) is 0 Å². The van der Waals surface area contributed by atoms with E-state index in [-0.39, 0.29) is 11.3 Å². The third-order valence-corrected chi connectivity index (χ3v) is 4.97. The molecule has 6 heteroatoms. The first-order valence-corrected chi connectivity index (χ1v) is 7.18. The molecule has 0 fully saturated rings. The van der Waals surface area contributed by atoms with Gasteiger partial charge in [-0.1, -0.05) is 34.6 Å². The van der Waals surface area contributed by atoms with E-state index in [1.807, 2.05) is 20.8 Å². The van der Waals surface area contributed by atoms with Crippen molar-refractivity contribution in [2.75, 3.05) is 0 Å². The second-order valence-corrected chi connectivity index (χ2v) is 5.53. The zero-order valence-corrected chi connectivity index (χ0v) is 13.0. The lowest BCUT2D eigenvalue weighted by atomic mass is 9.68. The van der Waals surface area contributed by atoms with Gasteiger partial charge < -0.3 is 5.11 Å². The zero-order valence-electron chi connectivity index (χ0n) is 13.0. The number of carboxylic acids is 1. The van der Waals surface area contributed by atoms with Crippen LogP contribution in [0.1, 0.15) is 53.9 Å². The molecule has 0 aliphatic heterocycles. The summed E-state index contributed by atoms with van der Waals surface area (Å²) in [5.74, 6) is -2.05. The monoisotopic (exact) mass is 292 g/mol. The predicted octanol–water partition coefficient (Wildman–Crippen LogP) is 3.28. The molecule has 4 unspecified atom stereocenters. The van der Waals surface area contributed by atoms with Crippen LogP contribution in [-0.4, -0.2) is 33.8 Å². The van der Waals surface area contributed by atoms with Gasteiger partial charge in [-0.15, -0.1) is 0 Å². The van der Waals surface area contributed by atoms with E-state index in [0.29, 0.717) is 0 Å². The minimum absolute atomic E-state index is 0.235. The Hall–Kier alpha value is -0.690. The Morgan fingerprint density at radius 2 is 1.45 bits per heavy atom. The van der Waals surface area contributed by atoms with Gasteiger partial charge in [-0.2, -0.15) is 0 Å². The van der Waals surface area contributed by atoms with Gasteiger partial charge in [0.25, 0.3) is 0 Å². The summed E-state index contributed by atoms with van der Waals surface area (Å²) in [7, 11) is 0. The molecule has 0 aromatic carbocycles. The molecule has 20 heavy (non-hydrogen) atoms. The van der Waals surface area contributed by atoms with Crippen molar-refractivity contribution in [3.8, 4) is 0 Å². The van der Waals surface area contributed by atoms with E-state index in [1.165, 1.54) is 0 Å². The Bertz CT molecular complexity index is 281. The molecule has 3 N–H and O–H groups in total. The molecule has 0 heterocycles. The van der Waals surface area contributed by atoms with Crippen LogP contribution in [0.4, 0.5) is 0 Å². The summed E-state index contributed by atoms with van der Waals surface area (Å²) in [6, 6.07) is 0. The van der Waals surface area contributed by atoms with Crippen molar-refractivity contribution in [3.63, 3.8) is 0 Å². The summed E-state index contributed by atoms with van der Waals surface area (Å²) >= 11 is 0. The highest BCUT2D eigenvalue weighted by atomic mass is 17.1. The summed E-state index contributed by atoms with van der Waals surface area (Å²) in [6.45, 7) is 9.53. The van der Waals surface area contributed by atoms with Crippen LogP contribution in [0.2, 0.25) is 0 Å². The van der Waals surface area contributed by atoms with Crippen LogP contribution in [0, 0.1) is 17.3 Å². The smallest absolute Gasteiger partial charge is 0.336 e. The average molecular weight is 292 g/mol. The Morgan fingerprint density at radius 1 is 1.00 bits per heavy atom. The number of hydrogen-bond donors (Lipinski definition) is 3. The molecule has 0 radical (unpaired) electrons. The quantitative estimate of drug-likeness (QED) is 0.422. The van der Waals surface area contributed by atoms with Crippen LogP contribution >= 0.6 is 0 Å². The maximum absolute atomic E-state index is 11.1. The first-order chi connectivity index (χ1) is 9.34. The number of hydrogen-bond acceptors (Lipinski definition) is 5. The van der Waals surface area contributed by atoms with Gasteiger partial charge in [0.05, 0.1) is 0 Å². The number of aliphatic carboxylic acids is 1. The number of carboxylic acid groups (broad SMARTS) is 1. The molecule has 0 aliphatic rings. The maximum atomic E-state index is 11.1. The van der Waals surface area contributed by atoms with E-state index in [1.54, 1.807) is 13.8 Å². The Labute approximate surface area is 120 Å². The van der Waals surface area contributed by atoms with Crippen LogP contribution < -0.4 is 0 Å². The van der Waals surface area contributed by atoms with Crippen LogP contribution in [-0.2, 0) is 14.6 Å². The molecule has 0 amide bonds. The van der Waals surface area contributed by atoms with Gasteiger partial charge >= 0.3 is 5.97 Å². The molecule has 0 aliphatic carbocycles. The third-order valence-electron chi connectivity index (χ3n) is 4.97. The molecule has 0 saturated carbocycles. The molecule has 0 spiro atoms. The predicted molar refractivity (Wildman–Crippen MR) is 74.3 cm³/mol. The molecule has 0 aromatic rings. The minimum atomic E-state index is -1.34. The fraction of sp³-hybridized carbons (Fsp3) is 0.929. The molecular formula is C14H28O6. The van der Waals surface area contributed by atoms with Crippen LogP contribution in [0.25, 0.3) is 0 Å². The fourth-order valence-electron chi connectivity index (χ4n) is 3.04. The Kier molecular flexibility index (Phi) is 8.27. The van der Waals surface area contributed by atoms with Crippen LogP contribution in [0.3, 0.4) is 0 Å². The lowest BCUT2D eigenvalue weighted by Gasteiger charge is -2.42. The third kappa shape index (κ3) is 3.91. The van der Waals surface area contributed by atoms with Gasteiger partial charge in [-0.3, -0.25) is 10.5 Å². The zero-order chi connectivity index (χ0) is 15.9. The van der Waals surface area contributed by atoms with Crippen molar-refractivity contribution >= 4 is 5.97 Å². The van der Waals surface area contributed by atoms with Gasteiger partial charge in [-0.05, 0) is 30.6 Å². The summed E-state index contributed by atoms with van der Waals surface area (Å²) in [4.78, 5) is 19.8. The standard InChI is InChI=1S/C14H28O6/c1-6-14(7-2,8-3)12(20-18)10(5)9(4)11(19-17)13(15)16/h9-12,17-18H,6-8H2,1-5H3,(H,15,16). The second-order valence-electron chi connectivity index (χ2n) is 5.53. The molecular weight excluding hydrogens is 264 g/mol. The molecule has 6 nitrogen and oxygen atoms in total. The summed E-state index contributed by atoms with van der Waals surface area (Å²) in [5, 5.41) is 27.1. The Morgan fingerprint density at radius 3 is 1.70 bits per heavy atom. The van der Waals surface area contributed by atoms with E-state index < -0.39 is 24.1 Å². The van der Waals surface area contributed by atoms with Crippen molar-refractivity contribution in [2.45, 2.75) is 66.1 Å². The van der Waals surface area contributed by atoms with Crippen LogP contribution in [0.5, 0.6) is 0 Å². The van der Waals surface area contributed by atoms with E-state index in [9.17, 15) is 10.1 Å². The second kappa shape index (κ2) is 8.56. The molecule has 0 bridgehead atoms. The normalized spacial score (nSPS) is 18.4. The van der Waals surface area contributed by atoms with Gasteiger partial charge in [-0.25, -0.2) is 14.6 Å². The van der Waals surface area contributed by atoms with Crippen LogP contribution in [0.15, 0.2) is 0 Å². The van der Waals surface area contributed by atoms with Gasteiger partial charge in [0, 0.05) is 5.92 Å². The number of carbonyl (C=O) groups is 1. The molecule has 0 saturated heterocycles. The van der Waals surface area contributed by atoms with E-state index in [2.05, 4.69) is 4.89 Å². The SMILES string of the molecule is CCC(CC)(CC)C(OO)C(C)C(C)C(OO)C(=O)O.